The molecule has 0 saturated heterocycles. The fourth-order valence-electron chi connectivity index (χ4n) is 3.06. The highest BCUT2D eigenvalue weighted by Gasteiger charge is 2.26. The molecule has 0 bridgehead atoms. The maximum atomic E-state index is 12.4. The minimum atomic E-state index is -0.314. The average Bonchev–Trinajstić information content (AvgIpc) is 3.12. The van der Waals surface area contributed by atoms with E-state index in [1.54, 1.807) is 31.4 Å². The molecule has 0 unspecified atom stereocenters. The lowest BCUT2D eigenvalue weighted by atomic mass is 10.1. The third-order valence-electron chi connectivity index (χ3n) is 4.60. The molecule has 3 aromatic rings. The van der Waals surface area contributed by atoms with Crippen LogP contribution < -0.4 is 20.2 Å². The summed E-state index contributed by atoms with van der Waals surface area (Å²) in [6, 6.07) is 20.2. The number of para-hydroxylation sites is 1. The van der Waals surface area contributed by atoms with E-state index < -0.39 is 0 Å². The molecular formula is C22H19N5O3S. The number of fused-ring (bicyclic) bond motifs is 1. The highest BCUT2D eigenvalue weighted by atomic mass is 32.2. The summed E-state index contributed by atoms with van der Waals surface area (Å²) >= 11 is 1.46. The molecule has 0 atom stereocenters. The largest absolute Gasteiger partial charge is 0.497 e. The molecule has 3 aromatic carbocycles. The number of hydrazone groups is 1. The molecule has 8 nitrogen and oxygen atoms in total. The lowest BCUT2D eigenvalue weighted by Gasteiger charge is -2.07. The smallest absolute Gasteiger partial charge is 0.276 e. The van der Waals surface area contributed by atoms with Crippen molar-refractivity contribution in [1.29, 1.82) is 0 Å². The summed E-state index contributed by atoms with van der Waals surface area (Å²) in [6.07, 6.45) is 0. The molecule has 4 rings (SSSR count). The van der Waals surface area contributed by atoms with Crippen LogP contribution in [0.4, 0.5) is 17.1 Å². The first kappa shape index (κ1) is 20.6. The topological polar surface area (TPSA) is 104 Å². The molecule has 3 N–H and O–H groups in total. The highest BCUT2D eigenvalue weighted by molar-refractivity contribution is 7.97. The minimum absolute atomic E-state index is 0.219. The molecule has 1 aliphatic heterocycles. The van der Waals surface area contributed by atoms with Gasteiger partial charge in [-0.3, -0.25) is 14.9 Å². The van der Waals surface area contributed by atoms with Crippen LogP contribution in [0.15, 0.2) is 81.9 Å². The Balaban J connectivity index is 1.47. The van der Waals surface area contributed by atoms with E-state index in [0.29, 0.717) is 23.5 Å². The molecule has 9 heteroatoms. The Morgan fingerprint density at radius 2 is 1.94 bits per heavy atom. The summed E-state index contributed by atoms with van der Waals surface area (Å²) in [7, 11) is 1.64. The number of ether oxygens (including phenoxy) is 1. The van der Waals surface area contributed by atoms with Crippen LogP contribution in [-0.4, -0.2) is 18.7 Å². The van der Waals surface area contributed by atoms with E-state index in [9.17, 15) is 9.70 Å². The van der Waals surface area contributed by atoms with E-state index in [-0.39, 0.29) is 17.3 Å². The van der Waals surface area contributed by atoms with E-state index in [1.165, 1.54) is 11.9 Å². The van der Waals surface area contributed by atoms with Crippen LogP contribution in [-0.2, 0) is 11.3 Å². The Morgan fingerprint density at radius 1 is 1.06 bits per heavy atom. The van der Waals surface area contributed by atoms with E-state index in [1.807, 2.05) is 42.5 Å². The van der Waals surface area contributed by atoms with E-state index in [2.05, 4.69) is 25.7 Å². The predicted molar refractivity (Wildman–Crippen MR) is 123 cm³/mol. The number of carbonyl (C=O) groups excluding carboxylic acids is 1. The van der Waals surface area contributed by atoms with Gasteiger partial charge in [-0.05, 0) is 65.2 Å². The van der Waals surface area contributed by atoms with Crippen molar-refractivity contribution in [3.05, 3.63) is 82.8 Å². The van der Waals surface area contributed by atoms with Gasteiger partial charge >= 0.3 is 0 Å². The lowest BCUT2D eigenvalue weighted by Crippen LogP contribution is -2.15. The molecule has 0 spiro atoms. The number of nitroso groups, excluding NO2 is 1. The number of methoxy groups -OCH3 is 1. The monoisotopic (exact) mass is 433 g/mol. The quantitative estimate of drug-likeness (QED) is 0.271. The van der Waals surface area contributed by atoms with Gasteiger partial charge in [-0.15, -0.1) is 4.91 Å². The minimum Gasteiger partial charge on any atom is -0.497 e. The third kappa shape index (κ3) is 4.73. The average molecular weight is 433 g/mol. The van der Waals surface area contributed by atoms with Crippen LogP contribution in [0.5, 0.6) is 5.75 Å². The van der Waals surface area contributed by atoms with Crippen molar-refractivity contribution in [2.45, 2.75) is 11.4 Å². The molecule has 0 radical (unpaired) electrons. The number of nitrogens with zero attached hydrogens (tertiary/aromatic N) is 2. The van der Waals surface area contributed by atoms with Gasteiger partial charge in [0.25, 0.3) is 5.91 Å². The number of nitrogens with one attached hydrogen (secondary N) is 3. The molecule has 1 amide bonds. The number of rotatable bonds is 8. The van der Waals surface area contributed by atoms with Crippen LogP contribution in [0, 0.1) is 4.91 Å². The molecule has 156 valence electrons. The number of amides is 1. The van der Waals surface area contributed by atoms with Gasteiger partial charge in [-0.1, -0.05) is 24.3 Å². The van der Waals surface area contributed by atoms with E-state index >= 15 is 0 Å². The second-order valence-corrected chi connectivity index (χ2v) is 7.58. The van der Waals surface area contributed by atoms with Crippen molar-refractivity contribution in [3.8, 4) is 5.75 Å². The van der Waals surface area contributed by atoms with Gasteiger partial charge in [-0.25, -0.2) is 0 Å². The summed E-state index contributed by atoms with van der Waals surface area (Å²) in [5.74, 6) is 0.497. The van der Waals surface area contributed by atoms with Gasteiger partial charge in [0, 0.05) is 17.0 Å². The van der Waals surface area contributed by atoms with Gasteiger partial charge in [-0.2, -0.15) is 5.10 Å². The second-order valence-electron chi connectivity index (χ2n) is 6.62. The number of hydrogen-bond donors (Lipinski definition) is 3. The third-order valence-corrected chi connectivity index (χ3v) is 5.38. The van der Waals surface area contributed by atoms with Crippen LogP contribution in [0.25, 0.3) is 0 Å². The number of carbonyl (C=O) groups is 1. The molecule has 0 saturated carbocycles. The van der Waals surface area contributed by atoms with Gasteiger partial charge in [0.05, 0.1) is 18.5 Å². The van der Waals surface area contributed by atoms with Crippen LogP contribution in [0.2, 0.25) is 0 Å². The Hall–Kier alpha value is -3.69. The summed E-state index contributed by atoms with van der Waals surface area (Å²) < 4.78 is 8.56. The van der Waals surface area contributed by atoms with Crippen molar-refractivity contribution >= 4 is 40.6 Å². The zero-order valence-corrected chi connectivity index (χ0v) is 17.4. The number of anilines is 2. The molecule has 1 heterocycles. The van der Waals surface area contributed by atoms with Gasteiger partial charge in [0.2, 0.25) is 0 Å². The summed E-state index contributed by atoms with van der Waals surface area (Å²) in [5, 5.41) is 9.98. The maximum Gasteiger partial charge on any atom is 0.276 e. The molecule has 0 aliphatic carbocycles. The molecule has 0 fully saturated rings. The molecule has 1 aliphatic rings. The number of hydrogen-bond acceptors (Lipinski definition) is 8. The van der Waals surface area contributed by atoms with Crippen molar-refractivity contribution in [1.82, 2.24) is 4.72 Å². The van der Waals surface area contributed by atoms with Gasteiger partial charge < -0.3 is 10.1 Å². The zero-order chi connectivity index (χ0) is 21.6. The summed E-state index contributed by atoms with van der Waals surface area (Å²) in [5.41, 5.74) is 6.12. The van der Waals surface area contributed by atoms with Gasteiger partial charge in [0.1, 0.15) is 11.4 Å². The molecule has 31 heavy (non-hydrogen) atoms. The Bertz CT molecular complexity index is 1170. The molecule has 0 aromatic heterocycles. The van der Waals surface area contributed by atoms with Crippen molar-refractivity contribution < 1.29 is 9.53 Å². The fraction of sp³-hybridized carbons (Fsp3) is 0.0909. The Labute approximate surface area is 183 Å². The predicted octanol–water partition coefficient (Wildman–Crippen LogP) is 4.66. The Kier molecular flexibility index (Phi) is 6.25. The molecular weight excluding hydrogens is 414 g/mol. The first-order valence-corrected chi connectivity index (χ1v) is 10.2. The van der Waals surface area contributed by atoms with Crippen LogP contribution in [0.3, 0.4) is 0 Å². The maximum absolute atomic E-state index is 12.4. The van der Waals surface area contributed by atoms with Crippen molar-refractivity contribution in [2.24, 2.45) is 10.3 Å². The summed E-state index contributed by atoms with van der Waals surface area (Å²) in [4.78, 5) is 24.2. The summed E-state index contributed by atoms with van der Waals surface area (Å²) in [6.45, 7) is 0.647. The normalized spacial score (nSPS) is 13.6. The van der Waals surface area contributed by atoms with Gasteiger partial charge in [0.15, 0.2) is 5.71 Å². The Morgan fingerprint density at radius 3 is 2.77 bits per heavy atom. The highest BCUT2D eigenvalue weighted by Crippen LogP contribution is 2.29. The second kappa shape index (κ2) is 9.41. The van der Waals surface area contributed by atoms with Crippen molar-refractivity contribution in [3.63, 3.8) is 0 Å². The number of benzene rings is 3. The van der Waals surface area contributed by atoms with E-state index in [0.717, 1.165) is 16.2 Å². The SMILES string of the molecule is COc1cccc(CNSc2ccc3c(c2)/C(=N/Nc2ccccc2N=O)C(=O)N3)c1. The zero-order valence-electron chi connectivity index (χ0n) is 16.6. The standard InChI is InChI=1S/C22H19N5O3S/c1-30-15-6-4-5-14(11-15)13-23-31-16-9-10-18-17(12-16)21(22(28)24-18)26-25-19-7-2-3-8-20(19)27-29/h2-12,23,25H,13H2,1H3,(H,24,26,28). The van der Waals surface area contributed by atoms with Crippen LogP contribution in [0.1, 0.15) is 11.1 Å². The lowest BCUT2D eigenvalue weighted by molar-refractivity contribution is -0.110. The first-order valence-electron chi connectivity index (χ1n) is 9.42. The van der Waals surface area contributed by atoms with Crippen LogP contribution >= 0.6 is 11.9 Å². The fourth-order valence-corrected chi connectivity index (χ4v) is 3.77. The first-order chi connectivity index (χ1) is 15.2. The van der Waals surface area contributed by atoms with E-state index in [4.69, 9.17) is 4.74 Å². The van der Waals surface area contributed by atoms with Crippen molar-refractivity contribution in [2.75, 3.05) is 17.9 Å².